The number of aromatic amines is 3. The molecule has 0 saturated heterocycles. The molecule has 0 bridgehead atoms. The summed E-state index contributed by atoms with van der Waals surface area (Å²) in [6.45, 7) is 0. The smallest absolute Gasteiger partial charge is 0.271 e. The zero-order valence-corrected chi connectivity index (χ0v) is 13.9. The standard InChI is InChI=1S/C19H16N4O3/c1-25-13-4-6-14(7-5-13)26-11-17-16(19(24)23-22-17)9-12-10-21-18-15(12)3-2-8-20-18/h2-11,22H,1H3,(H,20,21)(H,23,24). The number of nitrogens with one attached hydrogen (secondary N) is 3. The summed E-state index contributed by atoms with van der Waals surface area (Å²) >= 11 is 0. The minimum Gasteiger partial charge on any atom is -0.497 e. The van der Waals surface area contributed by atoms with E-state index in [0.717, 1.165) is 22.3 Å². The summed E-state index contributed by atoms with van der Waals surface area (Å²) < 4.78 is 10.8. The van der Waals surface area contributed by atoms with Crippen LogP contribution in [0.15, 0.2) is 53.6 Å². The molecule has 0 aliphatic heterocycles. The Morgan fingerprint density at radius 3 is 2.69 bits per heavy atom. The average molecular weight is 348 g/mol. The molecule has 0 atom stereocenters. The lowest BCUT2D eigenvalue weighted by Gasteiger charge is -2.01. The van der Waals surface area contributed by atoms with Crippen LogP contribution in [0, 0.1) is 0 Å². The fraction of sp³-hybridized carbons (Fsp3) is 0.0526. The lowest BCUT2D eigenvalue weighted by atomic mass is 10.2. The molecule has 7 heteroatoms. The third kappa shape index (κ3) is 2.98. The van der Waals surface area contributed by atoms with Gasteiger partial charge in [-0.05, 0) is 42.5 Å². The number of methoxy groups -OCH3 is 1. The molecule has 0 aliphatic carbocycles. The molecule has 3 N–H and O–H groups in total. The molecule has 3 aromatic heterocycles. The number of fused-ring (bicyclic) bond motifs is 1. The van der Waals surface area contributed by atoms with Crippen molar-refractivity contribution >= 4 is 23.4 Å². The Bertz CT molecular complexity index is 1220. The van der Waals surface area contributed by atoms with E-state index >= 15 is 0 Å². The number of pyridine rings is 1. The predicted octanol–water partition coefficient (Wildman–Crippen LogP) is 1.23. The maximum absolute atomic E-state index is 12.2. The second-order valence-corrected chi connectivity index (χ2v) is 5.61. The lowest BCUT2D eigenvalue weighted by molar-refractivity contribution is 0.413. The normalized spacial score (nSPS) is 12.7. The number of benzene rings is 1. The number of rotatable bonds is 4. The van der Waals surface area contributed by atoms with Crippen LogP contribution in [0.25, 0.3) is 23.4 Å². The Labute approximate surface area is 147 Å². The minimum atomic E-state index is -0.229. The summed E-state index contributed by atoms with van der Waals surface area (Å²) in [5.41, 5.74) is 1.41. The van der Waals surface area contributed by atoms with Gasteiger partial charge in [-0.3, -0.25) is 15.0 Å². The topological polar surface area (TPSA) is 95.8 Å². The fourth-order valence-corrected chi connectivity index (χ4v) is 2.65. The monoisotopic (exact) mass is 348 g/mol. The van der Waals surface area contributed by atoms with E-state index in [0.29, 0.717) is 16.3 Å². The summed E-state index contributed by atoms with van der Waals surface area (Å²) in [5.74, 6) is 1.38. The first-order valence-corrected chi connectivity index (χ1v) is 7.96. The molecule has 1 aromatic carbocycles. The van der Waals surface area contributed by atoms with Gasteiger partial charge in [-0.15, -0.1) is 0 Å². The molecule has 0 radical (unpaired) electrons. The molecule has 4 aromatic rings. The number of hydrogen-bond acceptors (Lipinski definition) is 4. The van der Waals surface area contributed by atoms with Crippen LogP contribution in [-0.4, -0.2) is 27.3 Å². The number of nitrogens with zero attached hydrogens (tertiary/aromatic N) is 1. The van der Waals surface area contributed by atoms with Gasteiger partial charge >= 0.3 is 0 Å². The first-order valence-electron chi connectivity index (χ1n) is 7.96. The molecule has 0 amide bonds. The van der Waals surface area contributed by atoms with E-state index in [1.807, 2.05) is 18.3 Å². The highest BCUT2D eigenvalue weighted by Gasteiger charge is 2.03. The van der Waals surface area contributed by atoms with Crippen LogP contribution in [0.1, 0.15) is 5.56 Å². The molecule has 4 rings (SSSR count). The second-order valence-electron chi connectivity index (χ2n) is 5.61. The highest BCUT2D eigenvalue weighted by Crippen LogP contribution is 2.17. The lowest BCUT2D eigenvalue weighted by Crippen LogP contribution is -2.33. The third-order valence-electron chi connectivity index (χ3n) is 4.00. The van der Waals surface area contributed by atoms with Crippen LogP contribution in [0.3, 0.4) is 0 Å². The van der Waals surface area contributed by atoms with Crippen molar-refractivity contribution in [2.75, 3.05) is 7.11 Å². The zero-order chi connectivity index (χ0) is 17.9. The van der Waals surface area contributed by atoms with Crippen LogP contribution >= 0.6 is 0 Å². The minimum absolute atomic E-state index is 0.229. The maximum atomic E-state index is 12.2. The molecule has 0 aliphatic rings. The highest BCUT2D eigenvalue weighted by molar-refractivity contribution is 5.85. The molecule has 0 saturated carbocycles. The van der Waals surface area contributed by atoms with Crippen molar-refractivity contribution in [3.8, 4) is 11.5 Å². The van der Waals surface area contributed by atoms with Crippen molar-refractivity contribution in [1.29, 1.82) is 0 Å². The van der Waals surface area contributed by atoms with E-state index in [4.69, 9.17) is 9.47 Å². The van der Waals surface area contributed by atoms with Crippen molar-refractivity contribution in [3.63, 3.8) is 0 Å². The summed E-state index contributed by atoms with van der Waals surface area (Å²) in [6, 6.07) is 11.0. The predicted molar refractivity (Wildman–Crippen MR) is 98.4 cm³/mol. The third-order valence-corrected chi connectivity index (χ3v) is 4.00. The van der Waals surface area contributed by atoms with E-state index in [2.05, 4.69) is 20.2 Å². The van der Waals surface area contributed by atoms with Crippen molar-refractivity contribution in [2.45, 2.75) is 0 Å². The van der Waals surface area contributed by atoms with E-state index < -0.39 is 0 Å². The van der Waals surface area contributed by atoms with Crippen LogP contribution in [0.2, 0.25) is 0 Å². The molecule has 0 unspecified atom stereocenters. The van der Waals surface area contributed by atoms with E-state index in [-0.39, 0.29) is 5.56 Å². The summed E-state index contributed by atoms with van der Waals surface area (Å²) in [7, 11) is 1.61. The van der Waals surface area contributed by atoms with Gasteiger partial charge in [0.15, 0.2) is 0 Å². The van der Waals surface area contributed by atoms with Gasteiger partial charge in [-0.25, -0.2) is 4.98 Å². The molecule has 0 fully saturated rings. The van der Waals surface area contributed by atoms with Crippen molar-refractivity contribution in [2.24, 2.45) is 0 Å². The SMILES string of the molecule is COc1ccc(OC=c2[nH][nH]c(=O)c2=Cc2c[nH]c3ncccc23)cc1. The highest BCUT2D eigenvalue weighted by atomic mass is 16.5. The van der Waals surface area contributed by atoms with Crippen LogP contribution in [0.4, 0.5) is 0 Å². The van der Waals surface area contributed by atoms with Gasteiger partial charge < -0.3 is 14.5 Å². The Morgan fingerprint density at radius 2 is 1.88 bits per heavy atom. The molecular formula is C19H16N4O3. The van der Waals surface area contributed by atoms with Crippen molar-refractivity contribution in [3.05, 3.63) is 75.3 Å². The van der Waals surface area contributed by atoms with Crippen LogP contribution < -0.4 is 25.6 Å². The quantitative estimate of drug-likeness (QED) is 0.517. The summed E-state index contributed by atoms with van der Waals surface area (Å²) in [4.78, 5) is 19.5. The van der Waals surface area contributed by atoms with Gasteiger partial charge in [-0.2, -0.15) is 0 Å². The number of aromatic nitrogens is 4. The zero-order valence-electron chi connectivity index (χ0n) is 13.9. The first-order chi connectivity index (χ1) is 12.7. The molecule has 3 heterocycles. The van der Waals surface area contributed by atoms with Gasteiger partial charge in [0.2, 0.25) is 0 Å². The van der Waals surface area contributed by atoms with Gasteiger partial charge in [0.1, 0.15) is 28.8 Å². The van der Waals surface area contributed by atoms with Crippen molar-refractivity contribution < 1.29 is 9.47 Å². The van der Waals surface area contributed by atoms with E-state index in [1.165, 1.54) is 6.26 Å². The molecular weight excluding hydrogens is 332 g/mol. The number of H-pyrrole nitrogens is 3. The average Bonchev–Trinajstić information content (AvgIpc) is 3.25. The summed E-state index contributed by atoms with van der Waals surface area (Å²) in [5, 5.41) is 7.37. The van der Waals surface area contributed by atoms with E-state index in [9.17, 15) is 4.79 Å². The Hall–Kier alpha value is -3.74. The molecule has 130 valence electrons. The molecule has 26 heavy (non-hydrogen) atoms. The Kier molecular flexibility index (Phi) is 4.03. The second kappa shape index (κ2) is 6.64. The molecule has 7 nitrogen and oxygen atoms in total. The first kappa shape index (κ1) is 15.8. The summed E-state index contributed by atoms with van der Waals surface area (Å²) in [6.07, 6.45) is 6.82. The number of ether oxygens (including phenoxy) is 2. The Morgan fingerprint density at radius 1 is 1.08 bits per heavy atom. The van der Waals surface area contributed by atoms with Crippen molar-refractivity contribution in [1.82, 2.24) is 20.2 Å². The molecule has 0 spiro atoms. The van der Waals surface area contributed by atoms with Crippen LogP contribution in [0.5, 0.6) is 11.5 Å². The Balaban J connectivity index is 1.74. The van der Waals surface area contributed by atoms with E-state index in [1.54, 1.807) is 43.6 Å². The van der Waals surface area contributed by atoms with Gasteiger partial charge in [-0.1, -0.05) is 0 Å². The number of hydrogen-bond donors (Lipinski definition) is 3. The van der Waals surface area contributed by atoms with Crippen LogP contribution in [-0.2, 0) is 0 Å². The van der Waals surface area contributed by atoms with Gasteiger partial charge in [0.05, 0.1) is 12.3 Å². The fourth-order valence-electron chi connectivity index (χ4n) is 2.65. The van der Waals surface area contributed by atoms with Gasteiger partial charge in [0.25, 0.3) is 5.56 Å². The maximum Gasteiger partial charge on any atom is 0.271 e. The largest absolute Gasteiger partial charge is 0.497 e. The van der Waals surface area contributed by atoms with Gasteiger partial charge in [0, 0.05) is 23.3 Å².